The van der Waals surface area contributed by atoms with Crippen LogP contribution in [0.5, 0.6) is 0 Å². The summed E-state index contributed by atoms with van der Waals surface area (Å²) in [5, 5.41) is -0.213. The smallest absolute Gasteiger partial charge is 0.330 e. The second kappa shape index (κ2) is 5.65. The highest BCUT2D eigenvalue weighted by atomic mass is 35.5. The average Bonchev–Trinajstić information content (AvgIpc) is 2.79. The molecule has 1 aromatic rings. The van der Waals surface area contributed by atoms with E-state index in [1.165, 1.54) is 12.2 Å². The Kier molecular flexibility index (Phi) is 4.28. The second-order valence-electron chi connectivity index (χ2n) is 3.83. The Balaban J connectivity index is 2.09. The summed E-state index contributed by atoms with van der Waals surface area (Å²) in [6.45, 7) is 0. The minimum Gasteiger partial charge on any atom is -0.809 e. The van der Waals surface area contributed by atoms with Gasteiger partial charge in [0.1, 0.15) is 5.02 Å². The van der Waals surface area contributed by atoms with Crippen LogP contribution in [0, 0.1) is 0 Å². The summed E-state index contributed by atoms with van der Waals surface area (Å²) >= 11 is 5.59. The number of aromatic nitrogens is 2. The molecule has 1 N–H and O–H groups in total. The monoisotopic (exact) mass is 322 g/mol. The van der Waals surface area contributed by atoms with Crippen molar-refractivity contribution in [1.82, 2.24) is 9.55 Å². The lowest BCUT2D eigenvalue weighted by atomic mass is 10.5. The summed E-state index contributed by atoms with van der Waals surface area (Å²) in [4.78, 5) is 45.5. The number of halogens is 1. The molecule has 1 aliphatic rings. The van der Waals surface area contributed by atoms with Gasteiger partial charge in [0.25, 0.3) is 5.56 Å². The van der Waals surface area contributed by atoms with Gasteiger partial charge in [0.05, 0.1) is 6.35 Å². The van der Waals surface area contributed by atoms with E-state index in [0.29, 0.717) is 0 Å². The molecule has 1 aliphatic heterocycles. The molecule has 0 saturated carbocycles. The van der Waals surface area contributed by atoms with Gasteiger partial charge in [0.2, 0.25) is 0 Å². The van der Waals surface area contributed by atoms with Gasteiger partial charge in [-0.25, -0.2) is 4.79 Å². The molecule has 0 aliphatic carbocycles. The van der Waals surface area contributed by atoms with Crippen LogP contribution in [0.15, 0.2) is 27.9 Å². The number of H-pyrrole nitrogens is 1. The van der Waals surface area contributed by atoms with E-state index in [4.69, 9.17) is 21.1 Å². The fourth-order valence-electron chi connectivity index (χ4n) is 1.48. The topological polar surface area (TPSA) is 137 Å². The lowest BCUT2D eigenvalue weighted by molar-refractivity contribution is -0.320. The molecule has 0 spiro atoms. The van der Waals surface area contributed by atoms with Crippen molar-refractivity contribution in [2.75, 3.05) is 6.35 Å². The van der Waals surface area contributed by atoms with Gasteiger partial charge in [0, 0.05) is 6.20 Å². The lowest BCUT2D eigenvalue weighted by Gasteiger charge is -2.30. The van der Waals surface area contributed by atoms with Gasteiger partial charge >= 0.3 is 5.69 Å². The summed E-state index contributed by atoms with van der Waals surface area (Å²) in [7, 11) is -4.81. The number of rotatable bonds is 4. The van der Waals surface area contributed by atoms with E-state index in [0.717, 1.165) is 10.8 Å². The zero-order chi connectivity index (χ0) is 14.9. The quantitative estimate of drug-likeness (QED) is 0.525. The van der Waals surface area contributed by atoms with Gasteiger partial charge < -0.3 is 23.8 Å². The van der Waals surface area contributed by atoms with Gasteiger partial charge in [-0.2, -0.15) is 0 Å². The molecule has 0 unspecified atom stereocenters. The highest BCUT2D eigenvalue weighted by Crippen LogP contribution is 2.27. The van der Waals surface area contributed by atoms with Crippen molar-refractivity contribution in [3.8, 4) is 0 Å². The minimum absolute atomic E-state index is 0.213. The third-order valence-electron chi connectivity index (χ3n) is 2.30. The molecule has 0 aromatic carbocycles. The van der Waals surface area contributed by atoms with Crippen LogP contribution < -0.4 is 21.0 Å². The normalized spacial score (nSPS) is 22.4. The molecule has 0 radical (unpaired) electrons. The number of nitrogens with zero attached hydrogens (tertiary/aromatic N) is 1. The minimum atomic E-state index is -4.81. The molecule has 20 heavy (non-hydrogen) atoms. The summed E-state index contributed by atoms with van der Waals surface area (Å²) in [6.07, 6.45) is 0.739. The standard InChI is InChI=1S/C9H10ClN2O7P/c10-5-3-12(9(14)11-8(5)13)6-1-2-7(19-6)18-4-20(15,16)17/h1-3,6-7H,4H2,(H,11,13,14)(H2,15,16,17)/p-2/t6-,7+/m1/s1. The van der Waals surface area contributed by atoms with Crippen molar-refractivity contribution in [3.05, 3.63) is 44.2 Å². The van der Waals surface area contributed by atoms with Crippen LogP contribution in [0.1, 0.15) is 6.23 Å². The summed E-state index contributed by atoms with van der Waals surface area (Å²) < 4.78 is 21.3. The van der Waals surface area contributed by atoms with Crippen molar-refractivity contribution in [2.24, 2.45) is 0 Å². The Labute approximate surface area is 116 Å². The first-order valence-electron chi connectivity index (χ1n) is 5.24. The van der Waals surface area contributed by atoms with Crippen LogP contribution in [0.4, 0.5) is 0 Å². The van der Waals surface area contributed by atoms with Crippen molar-refractivity contribution in [1.29, 1.82) is 0 Å². The van der Waals surface area contributed by atoms with Crippen molar-refractivity contribution in [2.45, 2.75) is 12.5 Å². The molecule has 110 valence electrons. The largest absolute Gasteiger partial charge is 0.809 e. The molecule has 11 heteroatoms. The summed E-state index contributed by atoms with van der Waals surface area (Å²) in [6, 6.07) is 0. The van der Waals surface area contributed by atoms with Gasteiger partial charge in [-0.05, 0) is 19.7 Å². The Morgan fingerprint density at radius 2 is 2.15 bits per heavy atom. The molecule has 9 nitrogen and oxygen atoms in total. The molecule has 0 amide bonds. The first-order valence-corrected chi connectivity index (χ1v) is 7.34. The zero-order valence-electron chi connectivity index (χ0n) is 9.72. The maximum atomic E-state index is 11.6. The highest BCUT2D eigenvalue weighted by molar-refractivity contribution is 7.48. The Hall–Kier alpha value is -1.22. The average molecular weight is 323 g/mol. The van der Waals surface area contributed by atoms with Crippen molar-refractivity contribution >= 4 is 19.2 Å². The van der Waals surface area contributed by atoms with E-state index < -0.39 is 37.7 Å². The molecular formula is C9H8ClN2O7P-2. The number of hydrogen-bond donors (Lipinski definition) is 1. The fraction of sp³-hybridized carbons (Fsp3) is 0.333. The molecular weight excluding hydrogens is 315 g/mol. The van der Waals surface area contributed by atoms with Crippen LogP contribution in [-0.2, 0) is 14.0 Å². The molecule has 1 aromatic heterocycles. The third-order valence-corrected chi connectivity index (χ3v) is 3.04. The Morgan fingerprint density at radius 1 is 1.45 bits per heavy atom. The zero-order valence-corrected chi connectivity index (χ0v) is 11.4. The van der Waals surface area contributed by atoms with Crippen LogP contribution in [-0.4, -0.2) is 22.2 Å². The predicted molar refractivity (Wildman–Crippen MR) is 62.9 cm³/mol. The summed E-state index contributed by atoms with van der Waals surface area (Å²) in [5.41, 5.74) is -1.49. The van der Waals surface area contributed by atoms with E-state index in [1.807, 2.05) is 4.98 Å². The molecule has 2 rings (SSSR count). The Bertz CT molecular complexity index is 690. The molecule has 0 saturated heterocycles. The van der Waals surface area contributed by atoms with E-state index >= 15 is 0 Å². The fourth-order valence-corrected chi connectivity index (χ4v) is 1.96. The lowest BCUT2D eigenvalue weighted by Crippen LogP contribution is -2.32. The van der Waals surface area contributed by atoms with Crippen LogP contribution in [0.2, 0.25) is 5.02 Å². The number of aromatic amines is 1. The van der Waals surface area contributed by atoms with Crippen LogP contribution in [0.3, 0.4) is 0 Å². The van der Waals surface area contributed by atoms with Crippen molar-refractivity contribution in [3.63, 3.8) is 0 Å². The van der Waals surface area contributed by atoms with Crippen molar-refractivity contribution < 1.29 is 23.8 Å². The number of hydrogen-bond acceptors (Lipinski definition) is 7. The first kappa shape index (κ1) is 15.2. The molecule has 0 fully saturated rings. The third kappa shape index (κ3) is 3.66. The summed E-state index contributed by atoms with van der Waals surface area (Å²) in [5.74, 6) is 0. The number of ether oxygens (including phenoxy) is 2. The van der Waals surface area contributed by atoms with Gasteiger partial charge in [-0.15, -0.1) is 0 Å². The van der Waals surface area contributed by atoms with Gasteiger partial charge in [-0.3, -0.25) is 14.3 Å². The second-order valence-corrected chi connectivity index (χ2v) is 5.72. The van der Waals surface area contributed by atoms with Gasteiger partial charge in [-0.1, -0.05) is 11.6 Å². The van der Waals surface area contributed by atoms with Crippen LogP contribution >= 0.6 is 19.2 Å². The molecule has 0 bridgehead atoms. The molecule has 2 heterocycles. The van der Waals surface area contributed by atoms with Gasteiger partial charge in [0.15, 0.2) is 12.5 Å². The van der Waals surface area contributed by atoms with Crippen LogP contribution in [0.25, 0.3) is 0 Å². The van der Waals surface area contributed by atoms with E-state index in [-0.39, 0.29) is 5.02 Å². The molecule has 2 atom stereocenters. The van der Waals surface area contributed by atoms with E-state index in [1.54, 1.807) is 0 Å². The Morgan fingerprint density at radius 3 is 2.80 bits per heavy atom. The first-order chi connectivity index (χ1) is 9.26. The predicted octanol–water partition coefficient (Wildman–Crippen LogP) is -1.51. The maximum absolute atomic E-state index is 11.6. The maximum Gasteiger partial charge on any atom is 0.330 e. The van der Waals surface area contributed by atoms with E-state index in [2.05, 4.69) is 0 Å². The van der Waals surface area contributed by atoms with E-state index in [9.17, 15) is 23.9 Å². The highest BCUT2D eigenvalue weighted by Gasteiger charge is 2.22. The number of nitrogens with one attached hydrogen (secondary N) is 1. The SMILES string of the molecule is O=c1[nH]c(=O)n([C@H]2C=C[C@@H](OCP(=O)([O-])[O-])O2)cc1Cl.